The van der Waals surface area contributed by atoms with Gasteiger partial charge in [0.1, 0.15) is 12.4 Å². The first kappa shape index (κ1) is 15.3. The Morgan fingerprint density at radius 2 is 1.73 bits per heavy atom. The smallest absolute Gasteiger partial charge is 0.245 e. The third-order valence-corrected chi connectivity index (χ3v) is 5.73. The van der Waals surface area contributed by atoms with Crippen LogP contribution in [0, 0.1) is 23.7 Å². The predicted molar refractivity (Wildman–Crippen MR) is 94.8 cm³/mol. The summed E-state index contributed by atoms with van der Waals surface area (Å²) in [5.41, 5.74) is 0.774. The fourth-order valence-electron chi connectivity index (χ4n) is 4.58. The summed E-state index contributed by atoms with van der Waals surface area (Å²) in [5.74, 6) is -0.664. The molecule has 2 heterocycles. The Morgan fingerprint density at radius 3 is 2.46 bits per heavy atom. The van der Waals surface area contributed by atoms with Gasteiger partial charge in [0, 0.05) is 5.39 Å². The summed E-state index contributed by atoms with van der Waals surface area (Å²) in [7, 11) is 0. The molecular formula is C20H17N3O3. The van der Waals surface area contributed by atoms with Gasteiger partial charge in [0.25, 0.3) is 0 Å². The molecule has 1 aromatic carbocycles. The van der Waals surface area contributed by atoms with Crippen molar-refractivity contribution in [2.45, 2.75) is 6.42 Å². The Hall–Kier alpha value is -3.02. The molecule has 2 bridgehead atoms. The van der Waals surface area contributed by atoms with E-state index in [1.54, 1.807) is 6.07 Å². The highest BCUT2D eigenvalue weighted by Crippen LogP contribution is 2.52. The van der Waals surface area contributed by atoms with Crippen LogP contribution < -0.4 is 5.32 Å². The molecule has 0 radical (unpaired) electrons. The first-order valence-corrected chi connectivity index (χ1v) is 8.81. The number of nitrogens with one attached hydrogen (secondary N) is 1. The van der Waals surface area contributed by atoms with Crippen LogP contribution in [-0.4, -0.2) is 34.2 Å². The molecule has 5 rings (SSSR count). The molecule has 1 saturated carbocycles. The van der Waals surface area contributed by atoms with E-state index in [0.29, 0.717) is 5.82 Å². The first-order valence-electron chi connectivity index (χ1n) is 8.81. The largest absolute Gasteiger partial charge is 0.309 e. The van der Waals surface area contributed by atoms with Gasteiger partial charge < -0.3 is 5.32 Å². The minimum absolute atomic E-state index is 0.150. The number of para-hydroxylation sites is 1. The number of pyridine rings is 1. The topological polar surface area (TPSA) is 79.4 Å². The number of hydrogen-bond acceptors (Lipinski definition) is 4. The van der Waals surface area contributed by atoms with Crippen molar-refractivity contribution >= 4 is 34.4 Å². The molecule has 6 nitrogen and oxygen atoms in total. The van der Waals surface area contributed by atoms with Crippen LogP contribution in [0.4, 0.5) is 5.82 Å². The number of fused-ring (bicyclic) bond motifs is 6. The fraction of sp³-hybridized carbons (Fsp3) is 0.300. The van der Waals surface area contributed by atoms with Crippen molar-refractivity contribution in [2.75, 3.05) is 11.9 Å². The number of carbonyl (C=O) groups excluding carboxylic acids is 3. The maximum absolute atomic E-state index is 12.6. The number of likely N-dealkylation sites (tertiary alicyclic amines) is 1. The number of nitrogens with zero attached hydrogens (tertiary/aromatic N) is 2. The minimum atomic E-state index is -0.408. The van der Waals surface area contributed by atoms with Gasteiger partial charge in [-0.15, -0.1) is 0 Å². The molecule has 1 saturated heterocycles. The summed E-state index contributed by atoms with van der Waals surface area (Å²) in [6, 6.07) is 11.2. The molecule has 1 aliphatic heterocycles. The Balaban J connectivity index is 1.31. The van der Waals surface area contributed by atoms with E-state index >= 15 is 0 Å². The van der Waals surface area contributed by atoms with E-state index < -0.39 is 5.91 Å². The minimum Gasteiger partial charge on any atom is -0.309 e. The molecule has 2 aromatic rings. The SMILES string of the molecule is O=C(CN1C(=O)C2C3C=CC(C3)C2C1=O)Nc1ccc2ccccc2n1. The van der Waals surface area contributed by atoms with E-state index in [9.17, 15) is 14.4 Å². The lowest BCUT2D eigenvalue weighted by Gasteiger charge is -2.16. The van der Waals surface area contributed by atoms with Crippen molar-refractivity contribution in [3.8, 4) is 0 Å². The van der Waals surface area contributed by atoms with Crippen LogP contribution in [0.5, 0.6) is 0 Å². The number of hydrogen-bond donors (Lipinski definition) is 1. The zero-order valence-corrected chi connectivity index (χ0v) is 14.0. The van der Waals surface area contributed by atoms with Gasteiger partial charge in [-0.1, -0.05) is 30.4 Å². The van der Waals surface area contributed by atoms with Crippen molar-refractivity contribution < 1.29 is 14.4 Å². The number of anilines is 1. The lowest BCUT2D eigenvalue weighted by atomic mass is 9.85. The highest BCUT2D eigenvalue weighted by molar-refractivity contribution is 6.09. The maximum Gasteiger partial charge on any atom is 0.245 e. The summed E-state index contributed by atoms with van der Waals surface area (Å²) in [4.78, 5) is 43.1. The van der Waals surface area contributed by atoms with E-state index in [-0.39, 0.29) is 42.0 Å². The number of imide groups is 1. The van der Waals surface area contributed by atoms with E-state index in [1.807, 2.05) is 42.5 Å². The third kappa shape index (κ3) is 2.18. The van der Waals surface area contributed by atoms with Gasteiger partial charge in [0.15, 0.2) is 0 Å². The molecule has 26 heavy (non-hydrogen) atoms. The summed E-state index contributed by atoms with van der Waals surface area (Å²) < 4.78 is 0. The zero-order chi connectivity index (χ0) is 17.8. The summed E-state index contributed by atoms with van der Waals surface area (Å²) in [6.07, 6.45) is 4.97. The summed E-state index contributed by atoms with van der Waals surface area (Å²) in [6.45, 7) is -0.251. The average molecular weight is 347 g/mol. The van der Waals surface area contributed by atoms with Gasteiger partial charge in [0.05, 0.1) is 17.4 Å². The van der Waals surface area contributed by atoms with Crippen molar-refractivity contribution in [3.63, 3.8) is 0 Å². The van der Waals surface area contributed by atoms with Crippen LogP contribution in [0.25, 0.3) is 10.9 Å². The van der Waals surface area contributed by atoms with E-state index in [2.05, 4.69) is 10.3 Å². The molecule has 0 spiro atoms. The number of aromatic nitrogens is 1. The standard InChI is InChI=1S/C20H17N3O3/c24-16(22-15-8-7-11-3-1-2-4-14(11)21-15)10-23-19(25)17-12-5-6-13(9-12)18(17)20(23)26/h1-8,12-13,17-18H,9-10H2,(H,21,22,24). The molecule has 1 N–H and O–H groups in total. The van der Waals surface area contributed by atoms with E-state index in [0.717, 1.165) is 22.2 Å². The fourth-order valence-corrected chi connectivity index (χ4v) is 4.58. The van der Waals surface area contributed by atoms with Crippen LogP contribution in [0.1, 0.15) is 6.42 Å². The van der Waals surface area contributed by atoms with Crippen molar-refractivity contribution in [1.82, 2.24) is 9.88 Å². The van der Waals surface area contributed by atoms with Crippen molar-refractivity contribution in [3.05, 3.63) is 48.6 Å². The highest BCUT2D eigenvalue weighted by Gasteiger charge is 2.59. The highest BCUT2D eigenvalue weighted by atomic mass is 16.2. The molecule has 130 valence electrons. The number of allylic oxidation sites excluding steroid dienone is 2. The second-order valence-electron chi connectivity index (χ2n) is 7.20. The Kier molecular flexibility index (Phi) is 3.22. The van der Waals surface area contributed by atoms with Crippen molar-refractivity contribution in [1.29, 1.82) is 0 Å². The lowest BCUT2D eigenvalue weighted by Crippen LogP contribution is -2.39. The number of carbonyl (C=O) groups is 3. The lowest BCUT2D eigenvalue weighted by molar-refractivity contribution is -0.143. The molecule has 1 aromatic heterocycles. The van der Waals surface area contributed by atoms with Crippen molar-refractivity contribution in [2.24, 2.45) is 23.7 Å². The van der Waals surface area contributed by atoms with E-state index in [4.69, 9.17) is 0 Å². The van der Waals surface area contributed by atoms with Crippen LogP contribution in [0.2, 0.25) is 0 Å². The second-order valence-corrected chi connectivity index (χ2v) is 7.20. The quantitative estimate of drug-likeness (QED) is 0.680. The van der Waals surface area contributed by atoms with Gasteiger partial charge in [-0.05, 0) is 36.5 Å². The third-order valence-electron chi connectivity index (χ3n) is 5.73. The van der Waals surface area contributed by atoms with Gasteiger partial charge >= 0.3 is 0 Å². The zero-order valence-electron chi connectivity index (χ0n) is 14.0. The number of rotatable bonds is 3. The number of amides is 3. The van der Waals surface area contributed by atoms with Crippen LogP contribution in [0.3, 0.4) is 0 Å². The normalized spacial score (nSPS) is 28.8. The van der Waals surface area contributed by atoms with Crippen LogP contribution >= 0.6 is 0 Å². The molecule has 2 aliphatic carbocycles. The Bertz CT molecular complexity index is 953. The van der Waals surface area contributed by atoms with Crippen LogP contribution in [0.15, 0.2) is 48.6 Å². The average Bonchev–Trinajstić information content (AvgIpc) is 3.32. The number of benzene rings is 1. The summed E-state index contributed by atoms with van der Waals surface area (Å²) in [5, 5.41) is 3.67. The molecule has 6 heteroatoms. The predicted octanol–water partition coefficient (Wildman–Crippen LogP) is 1.98. The first-order chi connectivity index (χ1) is 12.6. The van der Waals surface area contributed by atoms with Gasteiger partial charge in [-0.3, -0.25) is 19.3 Å². The van der Waals surface area contributed by atoms with Gasteiger partial charge in [-0.2, -0.15) is 0 Å². The Morgan fingerprint density at radius 1 is 1.04 bits per heavy atom. The Labute approximate surface area is 149 Å². The van der Waals surface area contributed by atoms with Crippen LogP contribution in [-0.2, 0) is 14.4 Å². The molecule has 2 fully saturated rings. The molecular weight excluding hydrogens is 330 g/mol. The van der Waals surface area contributed by atoms with Gasteiger partial charge in [0.2, 0.25) is 17.7 Å². The van der Waals surface area contributed by atoms with Gasteiger partial charge in [-0.25, -0.2) is 4.98 Å². The summed E-state index contributed by atoms with van der Waals surface area (Å²) >= 11 is 0. The molecule has 4 atom stereocenters. The monoisotopic (exact) mass is 347 g/mol. The molecule has 4 unspecified atom stereocenters. The maximum atomic E-state index is 12.6. The molecule has 3 amide bonds. The second kappa shape index (κ2) is 5.49. The van der Waals surface area contributed by atoms with E-state index in [1.165, 1.54) is 0 Å². The molecule has 3 aliphatic rings.